The van der Waals surface area contributed by atoms with Gasteiger partial charge >= 0.3 is 5.97 Å². The van der Waals surface area contributed by atoms with Crippen molar-refractivity contribution in [2.75, 3.05) is 19.6 Å². The number of carbonyl (C=O) groups is 1. The lowest BCUT2D eigenvalue weighted by atomic mass is 9.89. The van der Waals surface area contributed by atoms with E-state index in [1.807, 2.05) is 6.07 Å². The maximum Gasteiger partial charge on any atom is 0.307 e. The Morgan fingerprint density at radius 2 is 1.95 bits per heavy atom. The van der Waals surface area contributed by atoms with E-state index in [-0.39, 0.29) is 5.92 Å². The summed E-state index contributed by atoms with van der Waals surface area (Å²) in [5.41, 5.74) is 1.37. The largest absolute Gasteiger partial charge is 0.481 e. The molecule has 1 atom stereocenters. The van der Waals surface area contributed by atoms with Gasteiger partial charge in [-0.2, -0.15) is 0 Å². The molecule has 19 heavy (non-hydrogen) atoms. The summed E-state index contributed by atoms with van der Waals surface area (Å²) in [4.78, 5) is 13.5. The number of aliphatic carboxylic acids is 1. The average Bonchev–Trinajstić information content (AvgIpc) is 2.32. The lowest BCUT2D eigenvalue weighted by Gasteiger charge is -2.41. The Bertz CT molecular complexity index is 410. The Labute approximate surface area is 115 Å². The van der Waals surface area contributed by atoms with Crippen LogP contribution in [0.25, 0.3) is 0 Å². The highest BCUT2D eigenvalue weighted by molar-refractivity contribution is 5.70. The first-order valence-corrected chi connectivity index (χ1v) is 7.06. The molecule has 104 valence electrons. The highest BCUT2D eigenvalue weighted by atomic mass is 16.4. The number of carboxylic acid groups (broad SMARTS) is 1. The molecule has 1 aromatic carbocycles. The Hall–Kier alpha value is -1.35. The van der Waals surface area contributed by atoms with E-state index >= 15 is 0 Å². The Morgan fingerprint density at radius 1 is 1.32 bits per heavy atom. The fraction of sp³-hybridized carbons (Fsp3) is 0.562. The third-order valence-corrected chi connectivity index (χ3v) is 3.81. The van der Waals surface area contributed by atoms with E-state index in [2.05, 4.69) is 43.0 Å². The summed E-state index contributed by atoms with van der Waals surface area (Å²) in [6, 6.07) is 10.5. The molecule has 1 saturated heterocycles. The molecular weight excluding hydrogens is 238 g/mol. The fourth-order valence-corrected chi connectivity index (χ4v) is 2.79. The molecule has 3 heteroatoms. The van der Waals surface area contributed by atoms with Crippen LogP contribution in [0, 0.1) is 11.8 Å². The molecule has 1 heterocycles. The number of benzene rings is 1. The predicted molar refractivity (Wildman–Crippen MR) is 76.2 cm³/mol. The molecule has 0 aromatic heterocycles. The molecule has 1 fully saturated rings. The Morgan fingerprint density at radius 3 is 2.47 bits per heavy atom. The van der Waals surface area contributed by atoms with Gasteiger partial charge in [0.1, 0.15) is 0 Å². The number of rotatable bonds is 6. The first-order chi connectivity index (χ1) is 9.06. The number of carboxylic acids is 1. The summed E-state index contributed by atoms with van der Waals surface area (Å²) in [7, 11) is 0. The van der Waals surface area contributed by atoms with Crippen LogP contribution in [0.4, 0.5) is 0 Å². The lowest BCUT2D eigenvalue weighted by Crippen LogP contribution is -2.48. The van der Waals surface area contributed by atoms with Crippen LogP contribution >= 0.6 is 0 Å². The molecule has 0 spiro atoms. The van der Waals surface area contributed by atoms with E-state index in [4.69, 9.17) is 0 Å². The van der Waals surface area contributed by atoms with Crippen LogP contribution < -0.4 is 0 Å². The minimum absolute atomic E-state index is 0.225. The molecule has 1 unspecified atom stereocenters. The third kappa shape index (κ3) is 3.80. The molecule has 1 aliphatic rings. The van der Waals surface area contributed by atoms with Gasteiger partial charge in [-0.1, -0.05) is 44.2 Å². The maximum atomic E-state index is 11.2. The van der Waals surface area contributed by atoms with Gasteiger partial charge in [0.25, 0.3) is 0 Å². The predicted octanol–water partition coefficient (Wildman–Crippen LogP) is 2.83. The molecule has 0 saturated carbocycles. The van der Waals surface area contributed by atoms with Crippen molar-refractivity contribution in [3.05, 3.63) is 35.9 Å². The molecule has 2 rings (SSSR count). The summed E-state index contributed by atoms with van der Waals surface area (Å²) < 4.78 is 0. The van der Waals surface area contributed by atoms with Gasteiger partial charge in [0.2, 0.25) is 0 Å². The van der Waals surface area contributed by atoms with Crippen LogP contribution in [-0.4, -0.2) is 35.6 Å². The van der Waals surface area contributed by atoms with Crippen LogP contribution in [0.15, 0.2) is 30.3 Å². The summed E-state index contributed by atoms with van der Waals surface area (Å²) in [5.74, 6) is 0.135. The first-order valence-electron chi connectivity index (χ1n) is 7.06. The van der Waals surface area contributed by atoms with Crippen molar-refractivity contribution in [3.63, 3.8) is 0 Å². The maximum absolute atomic E-state index is 11.2. The molecular formula is C16H23NO2. The average molecular weight is 261 g/mol. The zero-order valence-corrected chi connectivity index (χ0v) is 11.7. The van der Waals surface area contributed by atoms with Gasteiger partial charge in [0.15, 0.2) is 0 Å². The van der Waals surface area contributed by atoms with Crippen LogP contribution in [0.1, 0.15) is 31.7 Å². The molecule has 0 bridgehead atoms. The van der Waals surface area contributed by atoms with Crippen LogP contribution in [0.2, 0.25) is 0 Å². The summed E-state index contributed by atoms with van der Waals surface area (Å²) >= 11 is 0. The molecule has 0 amide bonds. The van der Waals surface area contributed by atoms with E-state index in [0.29, 0.717) is 18.4 Å². The second kappa shape index (κ2) is 6.20. The smallest absolute Gasteiger partial charge is 0.307 e. The van der Waals surface area contributed by atoms with Crippen molar-refractivity contribution < 1.29 is 9.90 Å². The number of likely N-dealkylation sites (tertiary alicyclic amines) is 1. The summed E-state index contributed by atoms with van der Waals surface area (Å²) in [5, 5.41) is 9.25. The van der Waals surface area contributed by atoms with Crippen molar-refractivity contribution in [2.24, 2.45) is 11.8 Å². The number of nitrogens with zero attached hydrogens (tertiary/aromatic N) is 1. The molecule has 3 nitrogen and oxygen atoms in total. The van der Waals surface area contributed by atoms with E-state index in [1.54, 1.807) is 0 Å². The first kappa shape index (κ1) is 14.1. The number of hydrogen-bond acceptors (Lipinski definition) is 2. The molecule has 1 aromatic rings. The Kier molecular flexibility index (Phi) is 4.59. The van der Waals surface area contributed by atoms with Crippen molar-refractivity contribution in [2.45, 2.75) is 26.2 Å². The highest BCUT2D eigenvalue weighted by Gasteiger charge is 2.31. The topological polar surface area (TPSA) is 40.5 Å². The zero-order chi connectivity index (χ0) is 13.8. The summed E-state index contributed by atoms with van der Waals surface area (Å²) in [6.07, 6.45) is 0.766. The van der Waals surface area contributed by atoms with Crippen LogP contribution in [0.3, 0.4) is 0 Å². The second-order valence-electron chi connectivity index (χ2n) is 5.99. The molecule has 1 aliphatic heterocycles. The van der Waals surface area contributed by atoms with E-state index < -0.39 is 5.97 Å². The SMILES string of the molecule is CC(C)CC(CN1CC(c2ccccc2)C1)C(=O)O. The van der Waals surface area contributed by atoms with Gasteiger partial charge in [-0.15, -0.1) is 0 Å². The highest BCUT2D eigenvalue weighted by Crippen LogP contribution is 2.28. The van der Waals surface area contributed by atoms with E-state index in [0.717, 1.165) is 19.5 Å². The van der Waals surface area contributed by atoms with Crippen LogP contribution in [0.5, 0.6) is 0 Å². The quantitative estimate of drug-likeness (QED) is 0.856. The van der Waals surface area contributed by atoms with Crippen molar-refractivity contribution >= 4 is 5.97 Å². The van der Waals surface area contributed by atoms with E-state index in [9.17, 15) is 9.90 Å². The van der Waals surface area contributed by atoms with Gasteiger partial charge in [0.05, 0.1) is 5.92 Å². The van der Waals surface area contributed by atoms with Crippen molar-refractivity contribution in [1.29, 1.82) is 0 Å². The van der Waals surface area contributed by atoms with Gasteiger partial charge in [-0.05, 0) is 17.9 Å². The zero-order valence-electron chi connectivity index (χ0n) is 11.7. The standard InChI is InChI=1S/C16H23NO2/c1-12(2)8-14(16(18)19)9-17-10-15(11-17)13-6-4-3-5-7-13/h3-7,12,14-15H,8-11H2,1-2H3,(H,18,19). The lowest BCUT2D eigenvalue weighted by molar-refractivity contribution is -0.143. The van der Waals surface area contributed by atoms with Gasteiger partial charge in [-0.3, -0.25) is 4.79 Å². The minimum atomic E-state index is -0.656. The monoisotopic (exact) mass is 261 g/mol. The normalized spacial score (nSPS) is 18.3. The van der Waals surface area contributed by atoms with Crippen molar-refractivity contribution in [1.82, 2.24) is 4.90 Å². The van der Waals surface area contributed by atoms with E-state index in [1.165, 1.54) is 5.56 Å². The van der Waals surface area contributed by atoms with Gasteiger partial charge < -0.3 is 10.0 Å². The molecule has 0 aliphatic carbocycles. The number of hydrogen-bond donors (Lipinski definition) is 1. The summed E-state index contributed by atoms with van der Waals surface area (Å²) in [6.45, 7) is 6.84. The Balaban J connectivity index is 1.82. The van der Waals surface area contributed by atoms with Crippen molar-refractivity contribution in [3.8, 4) is 0 Å². The fourth-order valence-electron chi connectivity index (χ4n) is 2.79. The van der Waals surface area contributed by atoms with Crippen LogP contribution in [-0.2, 0) is 4.79 Å². The third-order valence-electron chi connectivity index (χ3n) is 3.81. The van der Waals surface area contributed by atoms with Gasteiger partial charge in [0, 0.05) is 25.6 Å². The second-order valence-corrected chi connectivity index (χ2v) is 5.99. The molecule has 1 N–H and O–H groups in total. The molecule has 0 radical (unpaired) electrons. The van der Waals surface area contributed by atoms with Gasteiger partial charge in [-0.25, -0.2) is 0 Å². The minimum Gasteiger partial charge on any atom is -0.481 e.